The van der Waals surface area contributed by atoms with Crippen LogP contribution in [0.1, 0.15) is 39.5 Å². The van der Waals surface area contributed by atoms with Crippen LogP contribution in [0.3, 0.4) is 0 Å². The van der Waals surface area contributed by atoms with Crippen molar-refractivity contribution in [1.82, 2.24) is 10.2 Å². The minimum absolute atomic E-state index is 0.0200. The van der Waals surface area contributed by atoms with Gasteiger partial charge in [0.15, 0.2) is 0 Å². The standard InChI is InChI=1S/C21H31N3O5/c1-3-5-12-28-17-8-6-7-16(13-17)23-15-19(25)24-10-9-22-21(27)18(24)14-20(26)29-11-4-2/h6-8,13,18,23H,3-5,9-12,14-15H2,1-2H3,(H,22,27). The van der Waals surface area contributed by atoms with E-state index in [0.717, 1.165) is 24.3 Å². The van der Waals surface area contributed by atoms with Crippen molar-refractivity contribution < 1.29 is 23.9 Å². The summed E-state index contributed by atoms with van der Waals surface area (Å²) in [4.78, 5) is 38.3. The Morgan fingerprint density at radius 1 is 1.24 bits per heavy atom. The smallest absolute Gasteiger partial charge is 0.308 e. The SMILES string of the molecule is CCCCOc1cccc(NCC(=O)N2CCNC(=O)C2CC(=O)OCCC)c1. The van der Waals surface area contributed by atoms with Gasteiger partial charge in [-0.3, -0.25) is 14.4 Å². The molecule has 0 saturated carbocycles. The molecule has 1 saturated heterocycles. The number of rotatable bonds is 11. The van der Waals surface area contributed by atoms with Crippen LogP contribution in [0.2, 0.25) is 0 Å². The van der Waals surface area contributed by atoms with Gasteiger partial charge >= 0.3 is 5.97 Å². The van der Waals surface area contributed by atoms with E-state index in [9.17, 15) is 14.4 Å². The maximum absolute atomic E-state index is 12.7. The second-order valence-electron chi connectivity index (χ2n) is 6.90. The number of unbranched alkanes of at least 4 members (excludes halogenated alkanes) is 1. The molecule has 2 N–H and O–H groups in total. The average Bonchev–Trinajstić information content (AvgIpc) is 2.72. The third kappa shape index (κ3) is 7.29. The maximum atomic E-state index is 12.7. The zero-order valence-electron chi connectivity index (χ0n) is 17.2. The van der Waals surface area contributed by atoms with Gasteiger partial charge in [0.1, 0.15) is 11.8 Å². The molecule has 2 amide bonds. The van der Waals surface area contributed by atoms with Gasteiger partial charge in [-0.05, 0) is 25.0 Å². The van der Waals surface area contributed by atoms with E-state index >= 15 is 0 Å². The first-order chi connectivity index (χ1) is 14.0. The van der Waals surface area contributed by atoms with Crippen LogP contribution < -0.4 is 15.4 Å². The van der Waals surface area contributed by atoms with E-state index in [2.05, 4.69) is 17.6 Å². The Labute approximate surface area is 171 Å². The Balaban J connectivity index is 1.92. The Morgan fingerprint density at radius 3 is 2.83 bits per heavy atom. The first-order valence-electron chi connectivity index (χ1n) is 10.2. The van der Waals surface area contributed by atoms with Gasteiger partial charge < -0.3 is 25.0 Å². The molecule has 160 valence electrons. The molecule has 1 heterocycles. The van der Waals surface area contributed by atoms with Crippen LogP contribution in [0, 0.1) is 0 Å². The number of nitrogens with one attached hydrogen (secondary N) is 2. The summed E-state index contributed by atoms with van der Waals surface area (Å²) in [6.07, 6.45) is 2.60. The minimum Gasteiger partial charge on any atom is -0.494 e. The molecule has 0 radical (unpaired) electrons. The highest BCUT2D eigenvalue weighted by Gasteiger charge is 2.34. The Morgan fingerprint density at radius 2 is 2.07 bits per heavy atom. The van der Waals surface area contributed by atoms with Gasteiger partial charge in [-0.15, -0.1) is 0 Å². The number of hydrogen-bond donors (Lipinski definition) is 2. The molecule has 0 aromatic heterocycles. The molecule has 0 aliphatic carbocycles. The summed E-state index contributed by atoms with van der Waals surface area (Å²) in [7, 11) is 0. The van der Waals surface area contributed by atoms with Crippen LogP contribution in [0.4, 0.5) is 5.69 Å². The number of hydrogen-bond acceptors (Lipinski definition) is 6. The molecule has 1 unspecified atom stereocenters. The van der Waals surface area contributed by atoms with Crippen LogP contribution in [0.5, 0.6) is 5.75 Å². The predicted molar refractivity (Wildman–Crippen MR) is 110 cm³/mol. The van der Waals surface area contributed by atoms with Gasteiger partial charge in [0.05, 0.1) is 26.2 Å². The molecule has 0 spiro atoms. The summed E-state index contributed by atoms with van der Waals surface area (Å²) in [5.41, 5.74) is 0.757. The molecule has 29 heavy (non-hydrogen) atoms. The highest BCUT2D eigenvalue weighted by Crippen LogP contribution is 2.18. The van der Waals surface area contributed by atoms with Gasteiger partial charge in [-0.25, -0.2) is 0 Å². The normalized spacial score (nSPS) is 16.1. The second-order valence-corrected chi connectivity index (χ2v) is 6.90. The van der Waals surface area contributed by atoms with E-state index in [4.69, 9.17) is 9.47 Å². The van der Waals surface area contributed by atoms with E-state index in [0.29, 0.717) is 32.7 Å². The van der Waals surface area contributed by atoms with Crippen molar-refractivity contribution in [3.05, 3.63) is 24.3 Å². The lowest BCUT2D eigenvalue weighted by Gasteiger charge is -2.34. The van der Waals surface area contributed by atoms with Crippen LogP contribution >= 0.6 is 0 Å². The van der Waals surface area contributed by atoms with E-state index in [1.165, 1.54) is 4.90 Å². The molecule has 2 rings (SSSR count). The summed E-state index contributed by atoms with van der Waals surface area (Å²) in [5, 5.41) is 5.78. The van der Waals surface area contributed by atoms with E-state index in [1.807, 2.05) is 31.2 Å². The van der Waals surface area contributed by atoms with Crippen molar-refractivity contribution in [3.63, 3.8) is 0 Å². The average molecular weight is 405 g/mol. The third-order valence-electron chi connectivity index (χ3n) is 4.52. The number of nitrogens with zero attached hydrogens (tertiary/aromatic N) is 1. The number of esters is 1. The molecule has 1 aromatic rings. The fourth-order valence-electron chi connectivity index (χ4n) is 2.96. The van der Waals surface area contributed by atoms with E-state index in [1.54, 1.807) is 0 Å². The van der Waals surface area contributed by atoms with E-state index in [-0.39, 0.29) is 24.8 Å². The Kier molecular flexibility index (Phi) is 9.27. The number of carbonyl (C=O) groups excluding carboxylic acids is 3. The first-order valence-corrected chi connectivity index (χ1v) is 10.2. The summed E-state index contributed by atoms with van der Waals surface area (Å²) in [6.45, 7) is 5.70. The molecule has 1 atom stereocenters. The predicted octanol–water partition coefficient (Wildman–Crippen LogP) is 1.95. The summed E-state index contributed by atoms with van der Waals surface area (Å²) >= 11 is 0. The van der Waals surface area contributed by atoms with Gasteiger partial charge in [-0.1, -0.05) is 26.3 Å². The molecule has 8 nitrogen and oxygen atoms in total. The number of anilines is 1. The number of amides is 2. The lowest BCUT2D eigenvalue weighted by Crippen LogP contribution is -2.58. The van der Waals surface area contributed by atoms with Crippen LogP contribution in [-0.4, -0.2) is 61.6 Å². The van der Waals surface area contributed by atoms with Gasteiger partial charge in [-0.2, -0.15) is 0 Å². The Hall–Kier alpha value is -2.77. The molecule has 1 aromatic carbocycles. The summed E-state index contributed by atoms with van der Waals surface area (Å²) < 4.78 is 10.7. The van der Waals surface area contributed by atoms with Crippen molar-refractivity contribution in [2.75, 3.05) is 38.2 Å². The number of carbonyl (C=O) groups is 3. The van der Waals surface area contributed by atoms with Crippen molar-refractivity contribution in [1.29, 1.82) is 0 Å². The maximum Gasteiger partial charge on any atom is 0.308 e. The second kappa shape index (κ2) is 11.9. The lowest BCUT2D eigenvalue weighted by molar-refractivity contribution is -0.151. The topological polar surface area (TPSA) is 97.0 Å². The molecular weight excluding hydrogens is 374 g/mol. The quantitative estimate of drug-likeness (QED) is 0.431. The lowest BCUT2D eigenvalue weighted by atomic mass is 10.1. The number of ether oxygens (including phenoxy) is 2. The molecule has 1 aliphatic heterocycles. The fourth-order valence-corrected chi connectivity index (χ4v) is 2.96. The van der Waals surface area contributed by atoms with Crippen LogP contribution in [0.25, 0.3) is 0 Å². The molecular formula is C21H31N3O5. The van der Waals surface area contributed by atoms with Crippen molar-refractivity contribution in [2.24, 2.45) is 0 Å². The number of benzene rings is 1. The Bertz CT molecular complexity index is 695. The van der Waals surface area contributed by atoms with Crippen LogP contribution in [0.15, 0.2) is 24.3 Å². The van der Waals surface area contributed by atoms with Crippen molar-refractivity contribution in [2.45, 2.75) is 45.6 Å². The summed E-state index contributed by atoms with van der Waals surface area (Å²) in [6, 6.07) is 6.57. The monoisotopic (exact) mass is 405 g/mol. The van der Waals surface area contributed by atoms with Gasteiger partial charge in [0, 0.05) is 24.8 Å². The molecule has 1 fully saturated rings. The fraction of sp³-hybridized carbons (Fsp3) is 0.571. The van der Waals surface area contributed by atoms with Crippen molar-refractivity contribution in [3.8, 4) is 5.75 Å². The highest BCUT2D eigenvalue weighted by atomic mass is 16.5. The largest absolute Gasteiger partial charge is 0.494 e. The van der Waals surface area contributed by atoms with Gasteiger partial charge in [0.2, 0.25) is 11.8 Å². The van der Waals surface area contributed by atoms with Gasteiger partial charge in [0.25, 0.3) is 0 Å². The molecule has 8 heteroatoms. The van der Waals surface area contributed by atoms with Crippen molar-refractivity contribution >= 4 is 23.5 Å². The zero-order valence-corrected chi connectivity index (χ0v) is 17.2. The summed E-state index contributed by atoms with van der Waals surface area (Å²) in [5.74, 6) is -0.309. The third-order valence-corrected chi connectivity index (χ3v) is 4.52. The molecule has 0 bridgehead atoms. The first kappa shape index (κ1) is 22.5. The minimum atomic E-state index is -0.842. The number of piperazine rings is 1. The highest BCUT2D eigenvalue weighted by molar-refractivity contribution is 5.93. The zero-order chi connectivity index (χ0) is 21.1. The molecule has 1 aliphatic rings. The van der Waals surface area contributed by atoms with E-state index < -0.39 is 12.0 Å². The van der Waals surface area contributed by atoms with Crippen LogP contribution in [-0.2, 0) is 19.1 Å².